The second-order valence-corrected chi connectivity index (χ2v) is 4.71. The van der Waals surface area contributed by atoms with E-state index in [2.05, 4.69) is 15.8 Å². The number of ether oxygens (including phenoxy) is 1. The van der Waals surface area contributed by atoms with Crippen LogP contribution in [-0.4, -0.2) is 17.9 Å². The fourth-order valence-corrected chi connectivity index (χ4v) is 1.90. The minimum atomic E-state index is -0.296. The molecule has 0 aliphatic heterocycles. The number of hydrogen-bond acceptors (Lipinski definition) is 3. The van der Waals surface area contributed by atoms with E-state index in [1.807, 2.05) is 31.2 Å². The largest absolute Gasteiger partial charge is 0.493 e. The molecule has 0 bridgehead atoms. The molecule has 0 aliphatic rings. The third-order valence-electron chi connectivity index (χ3n) is 2.69. The third kappa shape index (κ3) is 4.82. The molecule has 0 spiro atoms. The number of nitrogens with one attached hydrogen (secondary N) is 2. The zero-order chi connectivity index (χ0) is 15.8. The minimum absolute atomic E-state index is 0.296. The van der Waals surface area contributed by atoms with E-state index in [9.17, 15) is 4.39 Å². The van der Waals surface area contributed by atoms with Gasteiger partial charge in [0.15, 0.2) is 5.11 Å². The van der Waals surface area contributed by atoms with Crippen LogP contribution in [0.3, 0.4) is 0 Å². The van der Waals surface area contributed by atoms with Gasteiger partial charge in [-0.05, 0) is 55.5 Å². The number of nitrogens with zero attached hydrogens (tertiary/aromatic N) is 1. The van der Waals surface area contributed by atoms with E-state index in [0.29, 0.717) is 17.4 Å². The van der Waals surface area contributed by atoms with Crippen molar-refractivity contribution in [2.45, 2.75) is 6.92 Å². The van der Waals surface area contributed by atoms with Crippen LogP contribution in [0.5, 0.6) is 5.75 Å². The van der Waals surface area contributed by atoms with Gasteiger partial charge >= 0.3 is 0 Å². The number of anilines is 1. The van der Waals surface area contributed by atoms with Crippen LogP contribution in [0.4, 0.5) is 10.1 Å². The molecule has 114 valence electrons. The Morgan fingerprint density at radius 2 is 1.95 bits per heavy atom. The maximum atomic E-state index is 12.8. The van der Waals surface area contributed by atoms with Gasteiger partial charge in [0.2, 0.25) is 0 Å². The molecule has 2 aromatic rings. The molecule has 0 aliphatic carbocycles. The average molecular weight is 317 g/mol. The molecule has 0 fully saturated rings. The Hall–Kier alpha value is -2.47. The molecular formula is C16H16FN3OS. The zero-order valence-corrected chi connectivity index (χ0v) is 12.9. The van der Waals surface area contributed by atoms with E-state index in [-0.39, 0.29) is 5.82 Å². The molecule has 2 aromatic carbocycles. The Labute approximate surface area is 134 Å². The van der Waals surface area contributed by atoms with Crippen molar-refractivity contribution < 1.29 is 9.13 Å². The summed E-state index contributed by atoms with van der Waals surface area (Å²) < 4.78 is 18.3. The maximum absolute atomic E-state index is 12.8. The fraction of sp³-hybridized carbons (Fsp3) is 0.125. The Morgan fingerprint density at radius 3 is 2.68 bits per heavy atom. The van der Waals surface area contributed by atoms with Crippen LogP contribution in [0.25, 0.3) is 0 Å². The molecular weight excluding hydrogens is 301 g/mol. The van der Waals surface area contributed by atoms with Gasteiger partial charge in [0.05, 0.1) is 12.8 Å². The van der Waals surface area contributed by atoms with Crippen molar-refractivity contribution in [2.24, 2.45) is 5.10 Å². The van der Waals surface area contributed by atoms with Crippen molar-refractivity contribution in [3.63, 3.8) is 0 Å². The summed E-state index contributed by atoms with van der Waals surface area (Å²) in [6.07, 6.45) is 1.63. The van der Waals surface area contributed by atoms with Gasteiger partial charge in [-0.25, -0.2) is 4.39 Å². The third-order valence-corrected chi connectivity index (χ3v) is 2.88. The first-order chi connectivity index (χ1) is 10.7. The first-order valence-electron chi connectivity index (χ1n) is 6.76. The van der Waals surface area contributed by atoms with Crippen LogP contribution in [0, 0.1) is 5.82 Å². The number of benzene rings is 2. The first kappa shape index (κ1) is 15.9. The van der Waals surface area contributed by atoms with E-state index in [4.69, 9.17) is 17.0 Å². The lowest BCUT2D eigenvalue weighted by molar-refractivity contribution is 0.340. The topological polar surface area (TPSA) is 45.6 Å². The van der Waals surface area contributed by atoms with Crippen LogP contribution in [0.2, 0.25) is 0 Å². The Morgan fingerprint density at radius 1 is 1.23 bits per heavy atom. The predicted octanol–water partition coefficient (Wildman–Crippen LogP) is 3.54. The molecule has 2 rings (SSSR count). The molecule has 22 heavy (non-hydrogen) atoms. The number of para-hydroxylation sites is 1. The molecule has 0 atom stereocenters. The standard InChI is InChI=1S/C16H16FN3OS/c1-2-21-15-6-4-3-5-12(15)11-18-20-16(22)19-14-9-7-13(17)8-10-14/h3-11H,2H2,1H3,(H2,19,20,22)/b18-11+. The lowest BCUT2D eigenvalue weighted by Crippen LogP contribution is -2.23. The van der Waals surface area contributed by atoms with Crippen molar-refractivity contribution >= 4 is 29.2 Å². The van der Waals surface area contributed by atoms with E-state index < -0.39 is 0 Å². The summed E-state index contributed by atoms with van der Waals surface area (Å²) in [5.41, 5.74) is 4.24. The predicted molar refractivity (Wildman–Crippen MR) is 91.0 cm³/mol. The molecule has 0 unspecified atom stereocenters. The molecule has 4 nitrogen and oxygen atoms in total. The molecule has 0 amide bonds. The molecule has 0 saturated heterocycles. The van der Waals surface area contributed by atoms with Crippen molar-refractivity contribution in [3.05, 3.63) is 59.9 Å². The number of rotatable bonds is 5. The molecule has 0 aromatic heterocycles. The van der Waals surface area contributed by atoms with E-state index in [0.717, 1.165) is 11.3 Å². The summed E-state index contributed by atoms with van der Waals surface area (Å²) in [5, 5.41) is 7.29. The minimum Gasteiger partial charge on any atom is -0.493 e. The second kappa shape index (κ2) is 8.09. The van der Waals surface area contributed by atoms with Gasteiger partial charge in [0.25, 0.3) is 0 Å². The van der Waals surface area contributed by atoms with E-state index in [1.54, 1.807) is 18.3 Å². The highest BCUT2D eigenvalue weighted by Gasteiger charge is 1.99. The highest BCUT2D eigenvalue weighted by molar-refractivity contribution is 7.80. The molecule has 2 N–H and O–H groups in total. The zero-order valence-electron chi connectivity index (χ0n) is 12.0. The smallest absolute Gasteiger partial charge is 0.191 e. The van der Waals surface area contributed by atoms with Gasteiger partial charge < -0.3 is 10.1 Å². The Bertz CT molecular complexity index is 659. The van der Waals surface area contributed by atoms with Crippen LogP contribution in [0.15, 0.2) is 53.6 Å². The summed E-state index contributed by atoms with van der Waals surface area (Å²) >= 11 is 5.11. The summed E-state index contributed by atoms with van der Waals surface area (Å²) in [7, 11) is 0. The summed E-state index contributed by atoms with van der Waals surface area (Å²) in [6.45, 7) is 2.51. The highest BCUT2D eigenvalue weighted by Crippen LogP contribution is 2.15. The highest BCUT2D eigenvalue weighted by atomic mass is 32.1. The molecule has 0 radical (unpaired) electrons. The van der Waals surface area contributed by atoms with E-state index in [1.165, 1.54) is 12.1 Å². The van der Waals surface area contributed by atoms with Gasteiger partial charge in [0.1, 0.15) is 11.6 Å². The SMILES string of the molecule is CCOc1ccccc1/C=N/NC(=S)Nc1ccc(F)cc1. The lowest BCUT2D eigenvalue weighted by Gasteiger charge is -2.08. The second-order valence-electron chi connectivity index (χ2n) is 4.30. The number of halogens is 1. The lowest BCUT2D eigenvalue weighted by atomic mass is 10.2. The first-order valence-corrected chi connectivity index (χ1v) is 7.17. The Balaban J connectivity index is 1.92. The van der Waals surface area contributed by atoms with Crippen LogP contribution >= 0.6 is 12.2 Å². The summed E-state index contributed by atoms with van der Waals surface area (Å²) in [6, 6.07) is 13.5. The van der Waals surface area contributed by atoms with Gasteiger partial charge in [-0.15, -0.1) is 0 Å². The van der Waals surface area contributed by atoms with Crippen LogP contribution in [-0.2, 0) is 0 Å². The average Bonchev–Trinajstić information content (AvgIpc) is 2.51. The molecule has 0 saturated carbocycles. The number of hydrazone groups is 1. The van der Waals surface area contributed by atoms with Crippen molar-refractivity contribution in [1.82, 2.24) is 5.43 Å². The quantitative estimate of drug-likeness (QED) is 0.503. The van der Waals surface area contributed by atoms with Gasteiger partial charge in [-0.3, -0.25) is 5.43 Å². The number of hydrogen-bond donors (Lipinski definition) is 2. The number of thiocarbonyl (C=S) groups is 1. The van der Waals surface area contributed by atoms with Crippen LogP contribution < -0.4 is 15.5 Å². The monoisotopic (exact) mass is 317 g/mol. The maximum Gasteiger partial charge on any atom is 0.191 e. The van der Waals surface area contributed by atoms with Crippen LogP contribution in [0.1, 0.15) is 12.5 Å². The molecule has 0 heterocycles. The van der Waals surface area contributed by atoms with Gasteiger partial charge in [0, 0.05) is 11.3 Å². The van der Waals surface area contributed by atoms with Crippen molar-refractivity contribution in [3.8, 4) is 5.75 Å². The Kier molecular flexibility index (Phi) is 5.85. The van der Waals surface area contributed by atoms with Gasteiger partial charge in [-0.2, -0.15) is 5.10 Å². The normalized spacial score (nSPS) is 10.5. The van der Waals surface area contributed by atoms with Gasteiger partial charge in [-0.1, -0.05) is 12.1 Å². The summed E-state index contributed by atoms with van der Waals surface area (Å²) in [5.74, 6) is 0.461. The van der Waals surface area contributed by atoms with E-state index >= 15 is 0 Å². The summed E-state index contributed by atoms with van der Waals surface area (Å²) in [4.78, 5) is 0. The van der Waals surface area contributed by atoms with Crippen molar-refractivity contribution in [2.75, 3.05) is 11.9 Å². The molecule has 6 heteroatoms. The fourth-order valence-electron chi connectivity index (χ4n) is 1.73. The van der Waals surface area contributed by atoms with Crippen molar-refractivity contribution in [1.29, 1.82) is 0 Å².